The van der Waals surface area contributed by atoms with Crippen molar-refractivity contribution >= 4 is 65.5 Å². The number of aliphatic hydroxyl groups is 1. The molecule has 2 heterocycles. The SMILES string of the molecule is C#C.C1CSCS1.C=CC1CCCCC1.C=c1cccc/c1=C/C=C(\C)C(=O)NCC(=O)NCCCCC(=O)NC(C=CCC)C(=O)NCC1=NCCC=C1.CC.CC.CC.CO.Cc1ccccc1. The number of carbonyl (C=O) groups is 4. The number of allylic oxidation sites excluding steroid dienone is 3. The van der Waals surface area contributed by atoms with Crippen molar-refractivity contribution in [3.05, 3.63) is 119 Å². The fourth-order valence-electron chi connectivity index (χ4n) is 5.86. The van der Waals surface area contributed by atoms with E-state index in [1.165, 1.54) is 54.3 Å². The molecule has 0 aromatic heterocycles. The molecule has 3 aliphatic rings. The lowest BCUT2D eigenvalue weighted by Crippen LogP contribution is -2.46. The van der Waals surface area contributed by atoms with Crippen LogP contribution in [0.3, 0.4) is 0 Å². The summed E-state index contributed by atoms with van der Waals surface area (Å²) in [4.78, 5) is 53.7. The molecule has 1 saturated carbocycles. The van der Waals surface area contributed by atoms with Crippen molar-refractivity contribution in [2.45, 2.75) is 133 Å². The zero-order valence-electron chi connectivity index (χ0n) is 44.8. The number of benzene rings is 2. The van der Waals surface area contributed by atoms with Crippen molar-refractivity contribution in [3.63, 3.8) is 0 Å². The molecule has 5 N–H and O–H groups in total. The summed E-state index contributed by atoms with van der Waals surface area (Å²) >= 11 is 4.07. The zero-order chi connectivity index (χ0) is 53.6. The van der Waals surface area contributed by atoms with Gasteiger partial charge in [0, 0.05) is 48.8 Å². The number of amides is 4. The van der Waals surface area contributed by atoms with E-state index in [9.17, 15) is 19.2 Å². The first-order valence-electron chi connectivity index (χ1n) is 25.1. The van der Waals surface area contributed by atoms with Crippen molar-refractivity contribution in [2.24, 2.45) is 10.9 Å². The van der Waals surface area contributed by atoms with Gasteiger partial charge in [-0.25, -0.2) is 0 Å². The number of aliphatic imine (C=N–C) groups is 1. The Balaban J connectivity index is -0.000000580. The van der Waals surface area contributed by atoms with Gasteiger partial charge in [0.15, 0.2) is 0 Å². The molecule has 1 saturated heterocycles. The quantitative estimate of drug-likeness (QED) is 0.0487. The summed E-state index contributed by atoms with van der Waals surface area (Å²) < 4.78 is 0. The van der Waals surface area contributed by atoms with Gasteiger partial charge in [0.25, 0.3) is 0 Å². The molecule has 2 fully saturated rings. The van der Waals surface area contributed by atoms with E-state index in [0.29, 0.717) is 31.5 Å². The second-order valence-corrected chi connectivity index (χ2v) is 17.2. The minimum Gasteiger partial charge on any atom is -0.400 e. The van der Waals surface area contributed by atoms with Gasteiger partial charge < -0.3 is 26.4 Å². The Morgan fingerprint density at radius 1 is 0.857 bits per heavy atom. The smallest absolute Gasteiger partial charge is 0.247 e. The number of rotatable bonds is 16. The lowest BCUT2D eigenvalue weighted by Gasteiger charge is -2.16. The molecule has 1 atom stereocenters. The molecule has 0 radical (unpaired) electrons. The summed E-state index contributed by atoms with van der Waals surface area (Å²) in [6.45, 7) is 26.7. The molecule has 2 aromatic rings. The maximum absolute atomic E-state index is 12.6. The van der Waals surface area contributed by atoms with Crippen LogP contribution in [-0.2, 0) is 19.2 Å². The first kappa shape index (κ1) is 71.5. The van der Waals surface area contributed by atoms with Crippen LogP contribution in [0.1, 0.15) is 125 Å². The molecule has 10 nitrogen and oxygen atoms in total. The topological polar surface area (TPSA) is 149 Å². The predicted octanol–water partition coefficient (Wildman–Crippen LogP) is 10.3. The largest absolute Gasteiger partial charge is 0.400 e. The van der Waals surface area contributed by atoms with Gasteiger partial charge in [-0.1, -0.05) is 171 Å². The number of nitrogens with one attached hydrogen (secondary N) is 4. The standard InChI is InChI=1S/C31H41N5O4.C8H14.C7H8.C3H6S2.3C2H6.C2H2.CH4O/c1-4-5-15-27(31(40)34-21-26-14-8-10-19-32-26)36-28(37)16-9-11-20-33-29(38)22-35-30(39)24(3)17-18-25-13-7-6-12-23(25)2;1-2-8-6-4-3-5-7-8;1-7-5-3-2-4-6-7;1-2-5-3-4-1;5*1-2/h5-8,12-15,17-18,27H,2,4,9-11,16,19-22H2,1,3H3,(H,33,38)(H,34,40)(H,35,39)(H,36,37);2,8H,1,3-7H2;2-6H,1H3;1-3H2;3*1-2H3;1-2H;2H,1H3/b15-5?,24-17+,25-18-;;;;;;;;. The Morgan fingerprint density at radius 3 is 1.97 bits per heavy atom. The summed E-state index contributed by atoms with van der Waals surface area (Å²) in [5.74, 6) is 2.44. The lowest BCUT2D eigenvalue weighted by molar-refractivity contribution is -0.127. The van der Waals surface area contributed by atoms with Crippen molar-refractivity contribution in [1.29, 1.82) is 0 Å². The van der Waals surface area contributed by atoms with Gasteiger partial charge in [0.1, 0.15) is 6.04 Å². The van der Waals surface area contributed by atoms with E-state index in [0.717, 1.165) is 48.6 Å². The summed E-state index contributed by atoms with van der Waals surface area (Å²) in [7, 11) is 1.00. The fraction of sp³-hybridized carbons (Fsp3) is 0.500. The molecular weight excluding hydrogens is 911 g/mol. The van der Waals surface area contributed by atoms with Gasteiger partial charge in [-0.2, -0.15) is 23.5 Å². The van der Waals surface area contributed by atoms with E-state index in [2.05, 4.69) is 77.4 Å². The molecular formula is C58H93N5O5S2. The number of terminal acetylenes is 1. The van der Waals surface area contributed by atoms with Crippen LogP contribution in [0.25, 0.3) is 12.7 Å². The highest BCUT2D eigenvalue weighted by Gasteiger charge is 2.18. The van der Waals surface area contributed by atoms with E-state index >= 15 is 0 Å². The molecule has 392 valence electrons. The molecule has 1 unspecified atom stereocenters. The summed E-state index contributed by atoms with van der Waals surface area (Å²) in [6.07, 6.45) is 31.1. The van der Waals surface area contributed by atoms with Crippen LogP contribution in [0.4, 0.5) is 0 Å². The molecule has 5 rings (SSSR count). The molecule has 70 heavy (non-hydrogen) atoms. The van der Waals surface area contributed by atoms with Gasteiger partial charge in [0.05, 0.1) is 18.8 Å². The predicted molar refractivity (Wildman–Crippen MR) is 310 cm³/mol. The molecule has 12 heteroatoms. The highest BCUT2D eigenvalue weighted by atomic mass is 32.2. The van der Waals surface area contributed by atoms with Gasteiger partial charge in [0.2, 0.25) is 23.6 Å². The van der Waals surface area contributed by atoms with Crippen LogP contribution in [0.2, 0.25) is 0 Å². The number of unbranched alkanes of at least 4 members (excludes halogenated alkanes) is 1. The Morgan fingerprint density at radius 2 is 1.47 bits per heavy atom. The minimum absolute atomic E-state index is 0.140. The number of aliphatic hydroxyl groups excluding tert-OH is 1. The Labute approximate surface area is 434 Å². The van der Waals surface area contributed by atoms with E-state index in [1.54, 1.807) is 19.1 Å². The highest BCUT2D eigenvalue weighted by molar-refractivity contribution is 8.19. The fourth-order valence-corrected chi connectivity index (χ4v) is 8.22. The van der Waals surface area contributed by atoms with E-state index in [-0.39, 0.29) is 36.6 Å². The van der Waals surface area contributed by atoms with Crippen molar-refractivity contribution in [1.82, 2.24) is 21.3 Å². The van der Waals surface area contributed by atoms with Crippen LogP contribution in [-0.4, -0.2) is 90.4 Å². The normalized spacial score (nSPS) is 13.8. The Bertz CT molecular complexity index is 1860. The van der Waals surface area contributed by atoms with E-state index in [1.807, 2.05) is 139 Å². The number of carbonyl (C=O) groups excluding carboxylic acids is 4. The molecule has 0 spiro atoms. The van der Waals surface area contributed by atoms with Crippen molar-refractivity contribution < 1.29 is 24.3 Å². The van der Waals surface area contributed by atoms with Gasteiger partial charge >= 0.3 is 0 Å². The van der Waals surface area contributed by atoms with Crippen LogP contribution in [0.5, 0.6) is 0 Å². The number of thioether (sulfide) groups is 2. The lowest BCUT2D eigenvalue weighted by atomic mass is 9.90. The second-order valence-electron chi connectivity index (χ2n) is 14.6. The van der Waals surface area contributed by atoms with E-state index in [4.69, 9.17) is 5.11 Å². The molecule has 2 aromatic carbocycles. The van der Waals surface area contributed by atoms with Gasteiger partial charge in [-0.15, -0.1) is 19.4 Å². The number of nitrogens with zero attached hydrogens (tertiary/aromatic N) is 1. The summed E-state index contributed by atoms with van der Waals surface area (Å²) in [5.41, 5.74) is 2.61. The molecule has 4 amide bonds. The maximum atomic E-state index is 12.6. The van der Waals surface area contributed by atoms with Gasteiger partial charge in [-0.05, 0) is 74.8 Å². The van der Waals surface area contributed by atoms with Crippen LogP contribution < -0.4 is 31.7 Å². The summed E-state index contributed by atoms with van der Waals surface area (Å²) in [5, 5.41) is 21.0. The molecule has 1 aliphatic carbocycles. The minimum atomic E-state index is -0.757. The Kier molecular flexibility index (Phi) is 56.0. The Hall–Kier alpha value is -5.09. The van der Waals surface area contributed by atoms with Crippen LogP contribution >= 0.6 is 23.5 Å². The van der Waals surface area contributed by atoms with Crippen molar-refractivity contribution in [3.8, 4) is 12.8 Å². The second kappa shape index (κ2) is 54.8. The van der Waals surface area contributed by atoms with E-state index < -0.39 is 6.04 Å². The highest BCUT2D eigenvalue weighted by Crippen LogP contribution is 2.23. The third-order valence-electron chi connectivity index (χ3n) is 9.48. The van der Waals surface area contributed by atoms with Crippen LogP contribution in [0.15, 0.2) is 108 Å². The first-order chi connectivity index (χ1) is 34.1. The number of hydrogen-bond acceptors (Lipinski definition) is 8. The monoisotopic (exact) mass is 1000 g/mol. The van der Waals surface area contributed by atoms with Crippen LogP contribution in [0, 0.1) is 25.7 Å². The third kappa shape index (κ3) is 41.8. The summed E-state index contributed by atoms with van der Waals surface area (Å²) in [6, 6.07) is 17.1. The number of aryl methyl sites for hydroxylation is 1. The number of dihydropyridines is 1. The zero-order valence-corrected chi connectivity index (χ0v) is 46.5. The van der Waals surface area contributed by atoms with Crippen molar-refractivity contribution in [2.75, 3.05) is 49.9 Å². The van der Waals surface area contributed by atoms with Gasteiger partial charge in [-0.3, -0.25) is 24.2 Å². The average Bonchev–Trinajstić information content (AvgIpc) is 4.03. The average molecular weight is 1000 g/mol. The molecule has 2 aliphatic heterocycles. The maximum Gasteiger partial charge on any atom is 0.247 e. The molecule has 0 bridgehead atoms. The third-order valence-corrected chi connectivity index (χ3v) is 12.1. The first-order valence-corrected chi connectivity index (χ1v) is 27.4. The number of hydrogen-bond donors (Lipinski definition) is 5.